The van der Waals surface area contributed by atoms with Crippen LogP contribution in [0.25, 0.3) is 0 Å². The van der Waals surface area contributed by atoms with Crippen molar-refractivity contribution in [1.29, 1.82) is 0 Å². The Morgan fingerprint density at radius 1 is 1.32 bits per heavy atom. The van der Waals surface area contributed by atoms with Gasteiger partial charge >= 0.3 is 0 Å². The van der Waals surface area contributed by atoms with Crippen molar-refractivity contribution < 1.29 is 5.11 Å². The summed E-state index contributed by atoms with van der Waals surface area (Å²) in [5.41, 5.74) is 2.48. The first-order chi connectivity index (χ1) is 12.1. The molecule has 0 amide bonds. The van der Waals surface area contributed by atoms with Crippen molar-refractivity contribution in [3.05, 3.63) is 53.9 Å². The van der Waals surface area contributed by atoms with Gasteiger partial charge in [-0.15, -0.1) is 0 Å². The Morgan fingerprint density at radius 2 is 2.12 bits per heavy atom. The third-order valence-corrected chi connectivity index (χ3v) is 4.92. The maximum absolute atomic E-state index is 10.5. The summed E-state index contributed by atoms with van der Waals surface area (Å²) in [6.07, 6.45) is 6.07. The van der Waals surface area contributed by atoms with E-state index in [9.17, 15) is 5.11 Å². The number of hydrogen-bond acceptors (Lipinski definition) is 4. The van der Waals surface area contributed by atoms with E-state index in [0.717, 1.165) is 26.2 Å². The fraction of sp³-hybridized carbons (Fsp3) is 0.550. The molecule has 2 aromatic rings. The minimum absolute atomic E-state index is 0.325. The molecule has 5 heteroatoms. The van der Waals surface area contributed by atoms with Gasteiger partial charge in [0.05, 0.1) is 18.8 Å². The van der Waals surface area contributed by atoms with E-state index in [0.29, 0.717) is 12.6 Å². The molecule has 1 saturated heterocycles. The molecule has 0 spiro atoms. The van der Waals surface area contributed by atoms with Crippen LogP contribution in [0.2, 0.25) is 0 Å². The van der Waals surface area contributed by atoms with Crippen LogP contribution in [0, 0.1) is 6.92 Å². The zero-order valence-corrected chi connectivity index (χ0v) is 15.4. The van der Waals surface area contributed by atoms with Crippen LogP contribution in [-0.4, -0.2) is 63.5 Å². The number of likely N-dealkylation sites (tertiary alicyclic amines) is 1. The Morgan fingerprint density at radius 3 is 2.84 bits per heavy atom. The largest absolute Gasteiger partial charge is 0.390 e. The average Bonchev–Trinajstić information content (AvgIpc) is 3.18. The van der Waals surface area contributed by atoms with Crippen molar-refractivity contribution in [2.24, 2.45) is 0 Å². The van der Waals surface area contributed by atoms with E-state index in [1.54, 1.807) is 0 Å². The molecule has 136 valence electrons. The number of rotatable bonds is 8. The molecule has 0 radical (unpaired) electrons. The van der Waals surface area contributed by atoms with Gasteiger partial charge in [-0.2, -0.15) is 5.10 Å². The maximum atomic E-state index is 10.5. The summed E-state index contributed by atoms with van der Waals surface area (Å²) in [4.78, 5) is 4.62. The third-order valence-electron chi connectivity index (χ3n) is 4.92. The average molecular weight is 342 g/mol. The minimum Gasteiger partial charge on any atom is -0.390 e. The molecule has 1 fully saturated rings. The molecule has 1 aromatic carbocycles. The minimum atomic E-state index is -0.325. The molecule has 0 aliphatic carbocycles. The lowest BCUT2D eigenvalue weighted by molar-refractivity contribution is 0.0717. The van der Waals surface area contributed by atoms with Gasteiger partial charge in [0.2, 0.25) is 0 Å². The van der Waals surface area contributed by atoms with Gasteiger partial charge in [-0.3, -0.25) is 14.5 Å². The molecule has 1 aromatic heterocycles. The second-order valence-electron chi connectivity index (χ2n) is 7.37. The summed E-state index contributed by atoms with van der Waals surface area (Å²) in [6.45, 7) is 6.37. The molecule has 2 atom stereocenters. The van der Waals surface area contributed by atoms with E-state index in [4.69, 9.17) is 0 Å². The predicted molar refractivity (Wildman–Crippen MR) is 100 cm³/mol. The maximum Gasteiger partial charge on any atom is 0.0793 e. The van der Waals surface area contributed by atoms with Gasteiger partial charge in [0.15, 0.2) is 0 Å². The number of hydrogen-bond donors (Lipinski definition) is 1. The van der Waals surface area contributed by atoms with Crippen LogP contribution in [-0.2, 0) is 13.1 Å². The third kappa shape index (κ3) is 5.39. The monoisotopic (exact) mass is 342 g/mol. The van der Waals surface area contributed by atoms with Crippen LogP contribution in [0.3, 0.4) is 0 Å². The van der Waals surface area contributed by atoms with Gasteiger partial charge in [0, 0.05) is 31.9 Å². The fourth-order valence-electron chi connectivity index (χ4n) is 3.77. The van der Waals surface area contributed by atoms with Crippen molar-refractivity contribution in [1.82, 2.24) is 19.6 Å². The van der Waals surface area contributed by atoms with Gasteiger partial charge in [-0.25, -0.2) is 0 Å². The molecule has 0 unspecified atom stereocenters. The zero-order valence-electron chi connectivity index (χ0n) is 15.4. The van der Waals surface area contributed by atoms with E-state index in [2.05, 4.69) is 59.3 Å². The van der Waals surface area contributed by atoms with Crippen molar-refractivity contribution in [3.63, 3.8) is 0 Å². The molecule has 5 nitrogen and oxygen atoms in total. The highest BCUT2D eigenvalue weighted by molar-refractivity contribution is 5.14. The highest BCUT2D eigenvalue weighted by Crippen LogP contribution is 2.19. The lowest BCUT2D eigenvalue weighted by atomic mass is 10.2. The first-order valence-corrected chi connectivity index (χ1v) is 9.24. The van der Waals surface area contributed by atoms with E-state index in [1.807, 2.05) is 16.9 Å². The van der Waals surface area contributed by atoms with Crippen LogP contribution in [0.5, 0.6) is 0 Å². The van der Waals surface area contributed by atoms with E-state index in [1.165, 1.54) is 24.0 Å². The number of aryl methyl sites for hydroxylation is 1. The standard InChI is InChI=1S/C20H30N4O/c1-17-11-21-24(12-17)14-19-9-6-10-23(19)16-20(25)15-22(2)13-18-7-4-3-5-8-18/h3-5,7-8,11-12,19-20,25H,6,9-10,13-16H2,1-2H3/t19-,20+/m0/s1. The Bertz CT molecular complexity index is 642. The van der Waals surface area contributed by atoms with Crippen LogP contribution in [0.15, 0.2) is 42.7 Å². The lowest BCUT2D eigenvalue weighted by Crippen LogP contribution is -2.42. The summed E-state index contributed by atoms with van der Waals surface area (Å²) < 4.78 is 2.03. The summed E-state index contributed by atoms with van der Waals surface area (Å²) >= 11 is 0. The van der Waals surface area contributed by atoms with Gasteiger partial charge in [-0.05, 0) is 44.5 Å². The Kier molecular flexibility index (Phi) is 6.24. The molecular formula is C20H30N4O. The molecular weight excluding hydrogens is 312 g/mol. The molecule has 0 bridgehead atoms. The quantitative estimate of drug-likeness (QED) is 0.798. The predicted octanol–water partition coefficient (Wildman–Crippen LogP) is 2.15. The van der Waals surface area contributed by atoms with Gasteiger partial charge in [0.1, 0.15) is 0 Å². The van der Waals surface area contributed by atoms with Crippen LogP contribution >= 0.6 is 0 Å². The zero-order chi connectivity index (χ0) is 17.6. The topological polar surface area (TPSA) is 44.5 Å². The summed E-state index contributed by atoms with van der Waals surface area (Å²) in [5, 5.41) is 14.9. The van der Waals surface area contributed by atoms with Gasteiger partial charge < -0.3 is 5.11 Å². The molecule has 25 heavy (non-hydrogen) atoms. The highest BCUT2D eigenvalue weighted by Gasteiger charge is 2.27. The van der Waals surface area contributed by atoms with Crippen LogP contribution in [0.1, 0.15) is 24.0 Å². The SMILES string of the molecule is Cc1cnn(C[C@@H]2CCCN2C[C@H](O)CN(C)Cc2ccccc2)c1. The van der Waals surface area contributed by atoms with Crippen LogP contribution < -0.4 is 0 Å². The molecule has 2 heterocycles. The first-order valence-electron chi connectivity index (χ1n) is 9.24. The number of aromatic nitrogens is 2. The number of nitrogens with zero attached hydrogens (tertiary/aromatic N) is 4. The first kappa shape index (κ1) is 18.1. The highest BCUT2D eigenvalue weighted by atomic mass is 16.3. The summed E-state index contributed by atoms with van der Waals surface area (Å²) in [5.74, 6) is 0. The Hall–Kier alpha value is -1.69. The number of likely N-dealkylation sites (N-methyl/N-ethyl adjacent to an activating group) is 1. The summed E-state index contributed by atoms with van der Waals surface area (Å²) in [7, 11) is 2.07. The second-order valence-corrected chi connectivity index (χ2v) is 7.37. The van der Waals surface area contributed by atoms with Crippen LogP contribution in [0.4, 0.5) is 0 Å². The number of benzene rings is 1. The second kappa shape index (κ2) is 8.61. The molecule has 1 aliphatic heterocycles. The smallest absolute Gasteiger partial charge is 0.0793 e. The Labute approximate surface area is 150 Å². The number of aliphatic hydroxyl groups is 1. The normalized spacial score (nSPS) is 19.6. The van der Waals surface area contributed by atoms with Crippen molar-refractivity contribution in [2.75, 3.05) is 26.7 Å². The fourth-order valence-corrected chi connectivity index (χ4v) is 3.77. The number of β-amino-alcohol motifs (C(OH)–C–C–N with tert-alkyl or cyclic N) is 1. The van der Waals surface area contributed by atoms with E-state index in [-0.39, 0.29) is 6.10 Å². The molecule has 1 N–H and O–H groups in total. The lowest BCUT2D eigenvalue weighted by Gasteiger charge is -2.28. The molecule has 1 aliphatic rings. The van der Waals surface area contributed by atoms with Gasteiger partial charge in [0.25, 0.3) is 0 Å². The van der Waals surface area contributed by atoms with Crippen molar-refractivity contribution >= 4 is 0 Å². The summed E-state index contributed by atoms with van der Waals surface area (Å²) in [6, 6.07) is 10.9. The molecule has 0 saturated carbocycles. The van der Waals surface area contributed by atoms with E-state index >= 15 is 0 Å². The van der Waals surface area contributed by atoms with E-state index < -0.39 is 0 Å². The molecule has 3 rings (SSSR count). The number of aliphatic hydroxyl groups excluding tert-OH is 1. The van der Waals surface area contributed by atoms with Crippen molar-refractivity contribution in [2.45, 2.75) is 45.0 Å². The van der Waals surface area contributed by atoms with Gasteiger partial charge in [-0.1, -0.05) is 30.3 Å². The van der Waals surface area contributed by atoms with Crippen molar-refractivity contribution in [3.8, 4) is 0 Å². The Balaban J connectivity index is 1.47.